The summed E-state index contributed by atoms with van der Waals surface area (Å²) < 4.78 is 46.6. The summed E-state index contributed by atoms with van der Waals surface area (Å²) in [7, 11) is 0. The van der Waals surface area contributed by atoms with E-state index in [2.05, 4.69) is 10.2 Å². The van der Waals surface area contributed by atoms with Crippen LogP contribution < -0.4 is 5.32 Å². The lowest BCUT2D eigenvalue weighted by atomic mass is 9.85. The average Bonchev–Trinajstić information content (AvgIpc) is 2.55. The van der Waals surface area contributed by atoms with Gasteiger partial charge in [-0.1, -0.05) is 0 Å². The molecule has 1 aromatic rings. The van der Waals surface area contributed by atoms with Gasteiger partial charge in [0.05, 0.1) is 0 Å². The van der Waals surface area contributed by atoms with Crippen LogP contribution in [0.25, 0.3) is 0 Å². The predicted octanol–water partition coefficient (Wildman–Crippen LogP) is 3.32. The fraction of sp³-hybridized carbons (Fsp3) is 0.625. The second-order valence-corrected chi connectivity index (χ2v) is 5.97. The topological polar surface area (TPSA) is 24.5 Å². The van der Waals surface area contributed by atoms with Crippen molar-refractivity contribution in [2.24, 2.45) is 5.92 Å². The Morgan fingerprint density at radius 3 is 2.17 bits per heavy atom. The maximum Gasteiger partial charge on any atom is 0.161 e. The number of hydrogen-bond acceptors (Lipinski definition) is 3. The van der Waals surface area contributed by atoms with Crippen LogP contribution in [0.3, 0.4) is 0 Å². The highest BCUT2D eigenvalue weighted by Crippen LogP contribution is 2.37. The Labute approximate surface area is 152 Å². The van der Waals surface area contributed by atoms with Crippen LogP contribution in [0.15, 0.2) is 12.1 Å². The first-order chi connectivity index (χ1) is 10.7. The lowest BCUT2D eigenvalue weighted by molar-refractivity contribution is 0.0201. The van der Waals surface area contributed by atoms with Gasteiger partial charge in [0.25, 0.3) is 0 Å². The summed E-state index contributed by atoms with van der Waals surface area (Å²) in [6.45, 7) is 4.48. The highest BCUT2D eigenvalue weighted by molar-refractivity contribution is 5.85. The molecule has 1 aromatic carbocycles. The Hall–Kier alpha value is -0.530. The highest BCUT2D eigenvalue weighted by atomic mass is 35.5. The van der Waals surface area contributed by atoms with Gasteiger partial charge in [0.2, 0.25) is 0 Å². The number of nitrogens with zero attached hydrogens (tertiary/aromatic N) is 1. The van der Waals surface area contributed by atoms with Gasteiger partial charge in [0.15, 0.2) is 11.6 Å². The number of rotatable bonds is 3. The first kappa shape index (κ1) is 21.5. The average molecular weight is 387 g/mol. The predicted molar refractivity (Wildman–Crippen MR) is 91.5 cm³/mol. The molecule has 2 heterocycles. The molecule has 0 bridgehead atoms. The van der Waals surface area contributed by atoms with Crippen LogP contribution in [0.2, 0.25) is 0 Å². The first-order valence-corrected chi connectivity index (χ1v) is 7.84. The van der Waals surface area contributed by atoms with E-state index >= 15 is 0 Å². The molecule has 0 amide bonds. The summed E-state index contributed by atoms with van der Waals surface area (Å²) >= 11 is 0. The van der Waals surface area contributed by atoms with Gasteiger partial charge in [0, 0.05) is 57.1 Å². The fourth-order valence-corrected chi connectivity index (χ4v) is 3.51. The molecule has 2 aliphatic heterocycles. The Kier molecular flexibility index (Phi) is 8.81. The summed E-state index contributed by atoms with van der Waals surface area (Å²) in [5.74, 6) is -2.57. The van der Waals surface area contributed by atoms with Gasteiger partial charge in [-0.2, -0.15) is 0 Å². The van der Waals surface area contributed by atoms with Crippen molar-refractivity contribution in [3.63, 3.8) is 0 Å². The summed E-state index contributed by atoms with van der Waals surface area (Å²) in [6.07, 6.45) is 1.63. The first-order valence-electron chi connectivity index (χ1n) is 7.84. The van der Waals surface area contributed by atoms with Gasteiger partial charge in [-0.15, -0.1) is 24.8 Å². The van der Waals surface area contributed by atoms with Gasteiger partial charge < -0.3 is 10.1 Å². The molecule has 24 heavy (non-hydrogen) atoms. The van der Waals surface area contributed by atoms with E-state index in [9.17, 15) is 13.2 Å². The number of ether oxygens (including phenoxy) is 1. The van der Waals surface area contributed by atoms with Crippen molar-refractivity contribution in [1.29, 1.82) is 0 Å². The largest absolute Gasteiger partial charge is 0.381 e. The minimum Gasteiger partial charge on any atom is -0.381 e. The zero-order chi connectivity index (χ0) is 15.5. The highest BCUT2D eigenvalue weighted by Gasteiger charge is 2.33. The smallest absolute Gasteiger partial charge is 0.161 e. The van der Waals surface area contributed by atoms with Crippen LogP contribution in [0.1, 0.15) is 24.4 Å². The second kappa shape index (κ2) is 9.82. The maximum atomic E-state index is 14.3. The Bertz CT molecular complexity index is 506. The molecule has 3 nitrogen and oxygen atoms in total. The van der Waals surface area contributed by atoms with Crippen molar-refractivity contribution < 1.29 is 17.9 Å². The number of piperazine rings is 1. The van der Waals surface area contributed by atoms with Crippen LogP contribution >= 0.6 is 24.8 Å². The third-order valence-corrected chi connectivity index (χ3v) is 4.62. The Balaban J connectivity index is 0.00000144. The summed E-state index contributed by atoms with van der Waals surface area (Å²) in [5, 5.41) is 3.26. The zero-order valence-electron chi connectivity index (χ0n) is 13.3. The monoisotopic (exact) mass is 386 g/mol. The second-order valence-electron chi connectivity index (χ2n) is 5.97. The molecule has 0 spiro atoms. The summed E-state index contributed by atoms with van der Waals surface area (Å²) in [4.78, 5) is 2.18. The van der Waals surface area contributed by atoms with E-state index in [1.807, 2.05) is 0 Å². The van der Waals surface area contributed by atoms with Gasteiger partial charge in [-0.05, 0) is 24.8 Å². The van der Waals surface area contributed by atoms with Crippen molar-refractivity contribution in [2.45, 2.75) is 18.9 Å². The molecule has 8 heteroatoms. The summed E-state index contributed by atoms with van der Waals surface area (Å²) in [6, 6.07) is 1.48. The standard InChI is InChI=1S/C16H21F3N2O.2ClH/c17-13-10-15(19)14(18)9-12(13)16(11-1-7-22-8-2-11)21-5-3-20-4-6-21;;/h9-11,16,20H,1-8H2;2*1H/t16-;;/m0../s1. The van der Waals surface area contributed by atoms with E-state index in [1.165, 1.54) is 0 Å². The van der Waals surface area contributed by atoms with E-state index in [1.54, 1.807) is 0 Å². The third-order valence-electron chi connectivity index (χ3n) is 4.62. The van der Waals surface area contributed by atoms with E-state index in [0.717, 1.165) is 45.1 Å². The van der Waals surface area contributed by atoms with Crippen molar-refractivity contribution in [3.8, 4) is 0 Å². The van der Waals surface area contributed by atoms with E-state index in [4.69, 9.17) is 4.74 Å². The van der Waals surface area contributed by atoms with Gasteiger partial charge >= 0.3 is 0 Å². The third kappa shape index (κ3) is 4.76. The normalized spacial score (nSPS) is 20.8. The lowest BCUT2D eigenvalue weighted by Gasteiger charge is -2.41. The number of nitrogens with one attached hydrogen (secondary N) is 1. The number of benzene rings is 1. The molecule has 0 aliphatic carbocycles. The molecule has 1 atom stereocenters. The summed E-state index contributed by atoms with van der Waals surface area (Å²) in [5.41, 5.74) is 0.271. The lowest BCUT2D eigenvalue weighted by Crippen LogP contribution is -2.47. The SMILES string of the molecule is Cl.Cl.Fc1cc(F)c([C@H](C2CCOCC2)N2CCNCC2)cc1F. The van der Waals surface area contributed by atoms with Gasteiger partial charge in [-0.3, -0.25) is 4.90 Å². The minimum absolute atomic E-state index is 0. The van der Waals surface area contributed by atoms with E-state index < -0.39 is 17.5 Å². The molecule has 2 aliphatic rings. The molecular weight excluding hydrogens is 364 g/mol. The van der Waals surface area contributed by atoms with Crippen molar-refractivity contribution in [2.75, 3.05) is 39.4 Å². The van der Waals surface area contributed by atoms with Crippen LogP contribution in [-0.4, -0.2) is 44.3 Å². The van der Waals surface area contributed by atoms with Crippen molar-refractivity contribution in [1.82, 2.24) is 10.2 Å². The molecule has 3 rings (SSSR count). The maximum absolute atomic E-state index is 14.3. The molecule has 0 aromatic heterocycles. The molecule has 2 saturated heterocycles. The zero-order valence-corrected chi connectivity index (χ0v) is 14.9. The minimum atomic E-state index is -1.13. The quantitative estimate of drug-likeness (QED) is 0.806. The van der Waals surface area contributed by atoms with Gasteiger partial charge in [-0.25, -0.2) is 13.2 Å². The molecule has 1 N–H and O–H groups in total. The van der Waals surface area contributed by atoms with E-state index in [-0.39, 0.29) is 42.3 Å². The van der Waals surface area contributed by atoms with Crippen LogP contribution in [-0.2, 0) is 4.74 Å². The van der Waals surface area contributed by atoms with E-state index in [0.29, 0.717) is 19.3 Å². The van der Waals surface area contributed by atoms with Gasteiger partial charge in [0.1, 0.15) is 5.82 Å². The molecule has 0 radical (unpaired) electrons. The molecule has 0 saturated carbocycles. The number of hydrogen-bond donors (Lipinski definition) is 1. The van der Waals surface area contributed by atoms with Crippen molar-refractivity contribution in [3.05, 3.63) is 35.1 Å². The Morgan fingerprint density at radius 1 is 0.958 bits per heavy atom. The van der Waals surface area contributed by atoms with Crippen molar-refractivity contribution >= 4 is 24.8 Å². The molecule has 138 valence electrons. The van der Waals surface area contributed by atoms with Crippen LogP contribution in [0, 0.1) is 23.4 Å². The molecule has 0 unspecified atom stereocenters. The fourth-order valence-electron chi connectivity index (χ4n) is 3.51. The number of halogens is 5. The Morgan fingerprint density at radius 2 is 1.54 bits per heavy atom. The molecular formula is C16H23Cl2F3N2O. The van der Waals surface area contributed by atoms with Crippen LogP contribution in [0.5, 0.6) is 0 Å². The van der Waals surface area contributed by atoms with Crippen LogP contribution in [0.4, 0.5) is 13.2 Å². The molecule has 2 fully saturated rings.